The number of thioether (sulfide) groups is 1. The molecule has 7 heteroatoms. The molecule has 5 nitrogen and oxygen atoms in total. The Bertz CT molecular complexity index is 1110. The number of amides is 1. The molecule has 0 unspecified atom stereocenters. The largest absolute Gasteiger partial charge is 0.311 e. The summed E-state index contributed by atoms with van der Waals surface area (Å²) in [7, 11) is -3.52. The monoisotopic (exact) mass is 470 g/mol. The Morgan fingerprint density at radius 2 is 1.66 bits per heavy atom. The lowest BCUT2D eigenvalue weighted by molar-refractivity contribution is -0.123. The molecule has 0 spiro atoms. The van der Waals surface area contributed by atoms with Crippen LogP contribution in [-0.2, 0) is 27.7 Å². The number of sulfonamides is 1. The molecule has 1 amide bonds. The van der Waals surface area contributed by atoms with Crippen molar-refractivity contribution >= 4 is 33.4 Å². The number of rotatable bonds is 3. The molecule has 1 saturated heterocycles. The Kier molecular flexibility index (Phi) is 6.32. The van der Waals surface area contributed by atoms with Crippen LogP contribution in [0.3, 0.4) is 0 Å². The first-order chi connectivity index (χ1) is 15.5. The minimum atomic E-state index is -3.52. The average molecular weight is 471 g/mol. The van der Waals surface area contributed by atoms with Crippen molar-refractivity contribution in [3.8, 4) is 0 Å². The maximum absolute atomic E-state index is 13.4. The second kappa shape index (κ2) is 9.20. The molecule has 32 heavy (non-hydrogen) atoms. The quantitative estimate of drug-likeness (QED) is 0.663. The first-order valence-electron chi connectivity index (χ1n) is 11.7. The van der Waals surface area contributed by atoms with Crippen LogP contribution in [0.15, 0.2) is 52.3 Å². The van der Waals surface area contributed by atoms with Crippen molar-refractivity contribution in [2.24, 2.45) is 5.92 Å². The van der Waals surface area contributed by atoms with Crippen molar-refractivity contribution in [1.29, 1.82) is 0 Å². The Morgan fingerprint density at radius 1 is 0.906 bits per heavy atom. The highest BCUT2D eigenvalue weighted by atomic mass is 32.2. The van der Waals surface area contributed by atoms with Gasteiger partial charge >= 0.3 is 0 Å². The maximum atomic E-state index is 13.4. The van der Waals surface area contributed by atoms with E-state index in [0.717, 1.165) is 48.6 Å². The SMILES string of the molecule is O=C(C1CCN(S(=O)(=O)c2ccc3c(c2)CCCC3)CC1)N1CCCSc2ccccc21. The fraction of sp³-hybridized carbons (Fsp3) is 0.480. The van der Waals surface area contributed by atoms with Gasteiger partial charge in [0.1, 0.15) is 0 Å². The molecule has 2 aliphatic heterocycles. The van der Waals surface area contributed by atoms with E-state index in [9.17, 15) is 13.2 Å². The fourth-order valence-corrected chi connectivity index (χ4v) is 7.65. The number of aryl methyl sites for hydroxylation is 2. The van der Waals surface area contributed by atoms with Crippen LogP contribution in [-0.4, -0.2) is 44.0 Å². The number of carbonyl (C=O) groups is 1. The molecule has 1 aliphatic carbocycles. The summed E-state index contributed by atoms with van der Waals surface area (Å²) in [5.74, 6) is 1.03. The molecular formula is C25H30N2O3S2. The summed E-state index contributed by atoms with van der Waals surface area (Å²) in [6.45, 7) is 1.54. The van der Waals surface area contributed by atoms with Gasteiger partial charge in [-0.05, 0) is 86.1 Å². The van der Waals surface area contributed by atoms with Crippen LogP contribution in [0.1, 0.15) is 43.2 Å². The smallest absolute Gasteiger partial charge is 0.243 e. The van der Waals surface area contributed by atoms with Crippen molar-refractivity contribution in [2.75, 3.05) is 30.3 Å². The highest BCUT2D eigenvalue weighted by Crippen LogP contribution is 2.36. The second-order valence-corrected chi connectivity index (χ2v) is 12.1. The fourth-order valence-electron chi connectivity index (χ4n) is 5.14. The first kappa shape index (κ1) is 22.0. The van der Waals surface area contributed by atoms with Gasteiger partial charge in [0.05, 0.1) is 10.6 Å². The van der Waals surface area contributed by atoms with Crippen molar-refractivity contribution < 1.29 is 13.2 Å². The molecule has 0 N–H and O–H groups in total. The number of anilines is 1. The number of nitrogens with zero attached hydrogens (tertiary/aromatic N) is 2. The summed E-state index contributed by atoms with van der Waals surface area (Å²) >= 11 is 1.81. The molecule has 2 aromatic rings. The number of hydrogen-bond donors (Lipinski definition) is 0. The standard InChI is InChI=1S/C25H30N2O3S2/c28-25(27-14-5-17-31-24-9-4-3-8-23(24)27)20-12-15-26(16-13-20)32(29,30)22-11-10-19-6-1-2-7-21(19)18-22/h3-4,8-11,18,20H,1-2,5-7,12-17H2. The third-order valence-corrected chi connectivity index (χ3v) is 10.0. The van der Waals surface area contributed by atoms with Crippen molar-refractivity contribution in [3.05, 3.63) is 53.6 Å². The number of para-hydroxylation sites is 1. The zero-order chi connectivity index (χ0) is 22.1. The molecule has 0 atom stereocenters. The predicted octanol–water partition coefficient (Wildman–Crippen LogP) is 4.50. The predicted molar refractivity (Wildman–Crippen MR) is 129 cm³/mol. The zero-order valence-corrected chi connectivity index (χ0v) is 20.0. The van der Waals surface area contributed by atoms with E-state index in [0.29, 0.717) is 30.8 Å². The highest BCUT2D eigenvalue weighted by Gasteiger charge is 2.35. The molecule has 0 aromatic heterocycles. The van der Waals surface area contributed by atoms with Crippen LogP contribution in [0.5, 0.6) is 0 Å². The summed E-state index contributed by atoms with van der Waals surface area (Å²) in [6.07, 6.45) is 6.44. The average Bonchev–Trinajstić information content (AvgIpc) is 3.06. The lowest BCUT2D eigenvalue weighted by atomic mass is 9.92. The molecule has 2 heterocycles. The lowest BCUT2D eigenvalue weighted by Gasteiger charge is -2.34. The molecule has 0 bridgehead atoms. The minimum Gasteiger partial charge on any atom is -0.311 e. The third kappa shape index (κ3) is 4.22. The van der Waals surface area contributed by atoms with Gasteiger partial charge in [-0.15, -0.1) is 11.8 Å². The first-order valence-corrected chi connectivity index (χ1v) is 14.1. The number of hydrogen-bond acceptors (Lipinski definition) is 4. The van der Waals surface area contributed by atoms with Gasteiger partial charge in [-0.1, -0.05) is 18.2 Å². The highest BCUT2D eigenvalue weighted by molar-refractivity contribution is 7.99. The Labute approximate surface area is 195 Å². The van der Waals surface area contributed by atoms with Crippen LogP contribution in [0.4, 0.5) is 5.69 Å². The maximum Gasteiger partial charge on any atom is 0.243 e. The molecular weight excluding hydrogens is 440 g/mol. The van der Waals surface area contributed by atoms with E-state index in [1.807, 2.05) is 35.2 Å². The molecule has 3 aliphatic rings. The van der Waals surface area contributed by atoms with E-state index >= 15 is 0 Å². The van der Waals surface area contributed by atoms with Crippen molar-refractivity contribution in [3.63, 3.8) is 0 Å². The van der Waals surface area contributed by atoms with Gasteiger partial charge in [0.15, 0.2) is 0 Å². The van der Waals surface area contributed by atoms with Gasteiger partial charge in [-0.25, -0.2) is 8.42 Å². The summed E-state index contributed by atoms with van der Waals surface area (Å²) in [4.78, 5) is 16.9. The number of fused-ring (bicyclic) bond motifs is 2. The van der Waals surface area contributed by atoms with Crippen LogP contribution >= 0.6 is 11.8 Å². The molecule has 0 saturated carbocycles. The van der Waals surface area contributed by atoms with Gasteiger partial charge in [-0.3, -0.25) is 4.79 Å². The van der Waals surface area contributed by atoms with Crippen LogP contribution in [0.2, 0.25) is 0 Å². The van der Waals surface area contributed by atoms with E-state index < -0.39 is 10.0 Å². The van der Waals surface area contributed by atoms with Crippen LogP contribution in [0.25, 0.3) is 0 Å². The Balaban J connectivity index is 1.28. The van der Waals surface area contributed by atoms with Gasteiger partial charge in [0, 0.05) is 30.4 Å². The number of benzene rings is 2. The topological polar surface area (TPSA) is 57.7 Å². The second-order valence-electron chi connectivity index (χ2n) is 8.98. The minimum absolute atomic E-state index is 0.124. The van der Waals surface area contributed by atoms with E-state index in [-0.39, 0.29) is 11.8 Å². The van der Waals surface area contributed by atoms with Gasteiger partial charge in [0.25, 0.3) is 0 Å². The zero-order valence-electron chi connectivity index (χ0n) is 18.3. The number of carbonyl (C=O) groups excluding carboxylic acids is 1. The third-order valence-electron chi connectivity index (χ3n) is 6.97. The van der Waals surface area contributed by atoms with Gasteiger partial charge < -0.3 is 4.90 Å². The summed E-state index contributed by atoms with van der Waals surface area (Å²) in [5.41, 5.74) is 3.47. The van der Waals surface area contributed by atoms with E-state index in [1.165, 1.54) is 17.5 Å². The van der Waals surface area contributed by atoms with Crippen LogP contribution in [0, 0.1) is 5.92 Å². The van der Waals surface area contributed by atoms with Crippen molar-refractivity contribution in [1.82, 2.24) is 4.31 Å². The van der Waals surface area contributed by atoms with E-state index in [4.69, 9.17) is 0 Å². The normalized spacial score (nSPS) is 20.3. The molecule has 1 fully saturated rings. The van der Waals surface area contributed by atoms with E-state index in [2.05, 4.69) is 6.07 Å². The summed E-state index contributed by atoms with van der Waals surface area (Å²) < 4.78 is 28.2. The van der Waals surface area contributed by atoms with Gasteiger partial charge in [-0.2, -0.15) is 4.31 Å². The lowest BCUT2D eigenvalue weighted by Crippen LogP contribution is -2.44. The number of piperidine rings is 1. The molecule has 5 rings (SSSR count). The molecule has 0 radical (unpaired) electrons. The van der Waals surface area contributed by atoms with Crippen molar-refractivity contribution in [2.45, 2.75) is 54.7 Å². The summed E-state index contributed by atoms with van der Waals surface area (Å²) in [5, 5.41) is 0. The molecule has 2 aromatic carbocycles. The molecule has 170 valence electrons. The summed E-state index contributed by atoms with van der Waals surface area (Å²) in [6, 6.07) is 13.8. The van der Waals surface area contributed by atoms with Gasteiger partial charge in [0.2, 0.25) is 15.9 Å². The van der Waals surface area contributed by atoms with Crippen LogP contribution < -0.4 is 4.90 Å². The Morgan fingerprint density at radius 3 is 2.47 bits per heavy atom. The Hall–Kier alpha value is -1.83. The van der Waals surface area contributed by atoms with E-state index in [1.54, 1.807) is 22.1 Å².